The molecule has 0 amide bonds. The molecule has 2 aliphatic carbocycles. The predicted octanol–water partition coefficient (Wildman–Crippen LogP) is 10.0. The summed E-state index contributed by atoms with van der Waals surface area (Å²) in [4.78, 5) is 8.88. The first-order valence-corrected chi connectivity index (χ1v) is 24.3. The predicted molar refractivity (Wildman–Crippen MR) is 194 cm³/mol. The Morgan fingerprint density at radius 3 is 1.30 bits per heavy atom. The summed E-state index contributed by atoms with van der Waals surface area (Å²) in [5, 5.41) is 0. The molecule has 0 saturated carbocycles. The monoisotopic (exact) mass is 882 g/mol. The third-order valence-electron chi connectivity index (χ3n) is 9.22. The van der Waals surface area contributed by atoms with Crippen LogP contribution in [-0.2, 0) is 36.4 Å². The van der Waals surface area contributed by atoms with E-state index in [1.165, 1.54) is 93.2 Å². The van der Waals surface area contributed by atoms with Gasteiger partial charge in [-0.05, 0) is 110 Å². The zero-order valence-corrected chi connectivity index (χ0v) is 30.3. The van der Waals surface area contributed by atoms with Gasteiger partial charge in [-0.15, -0.1) is 0 Å². The molecule has 0 saturated heterocycles. The summed E-state index contributed by atoms with van der Waals surface area (Å²) < 4.78 is 0. The molecule has 0 fully saturated rings. The molecule has 4 radical (unpaired) electrons. The Balaban J connectivity index is 0.000000963. The van der Waals surface area contributed by atoms with Crippen LogP contribution in [0.1, 0.15) is 47.9 Å². The van der Waals surface area contributed by atoms with Crippen LogP contribution in [0.25, 0.3) is 11.1 Å². The third-order valence-corrected chi connectivity index (χ3v) is 9.22. The Kier molecular flexibility index (Phi) is 8.97. The second kappa shape index (κ2) is 12.9. The molecule has 222 valence electrons. The van der Waals surface area contributed by atoms with Gasteiger partial charge in [0, 0.05) is 25.2 Å². The number of rotatable bonds is 3. The van der Waals surface area contributed by atoms with Crippen molar-refractivity contribution >= 4 is 73.2 Å². The molecule has 4 aromatic carbocycles. The molecule has 8 rings (SSSR count). The molecule has 4 nitrogen and oxygen atoms in total. The Morgan fingerprint density at radius 1 is 0.512 bits per heavy atom. The average molecular weight is 883 g/mol. The van der Waals surface area contributed by atoms with Crippen LogP contribution < -0.4 is 19.6 Å². The quantitative estimate of drug-likeness (QED) is 0.150. The van der Waals surface area contributed by atoms with Gasteiger partial charge in [-0.2, -0.15) is 0 Å². The fourth-order valence-corrected chi connectivity index (χ4v) is 7.32. The molecule has 4 aromatic rings. The van der Waals surface area contributed by atoms with Crippen molar-refractivity contribution in [2.45, 2.75) is 51.4 Å². The van der Waals surface area contributed by atoms with Crippen LogP contribution in [0, 0.1) is 13.3 Å². The first-order chi connectivity index (χ1) is 21.1. The number of aryl methyl sites for hydroxylation is 2. The van der Waals surface area contributed by atoms with E-state index in [1.807, 2.05) is 0 Å². The molecule has 0 bridgehead atoms. The molecule has 43 heavy (non-hydrogen) atoms. The van der Waals surface area contributed by atoms with Crippen LogP contribution in [0.5, 0.6) is 0 Å². The van der Waals surface area contributed by atoms with Gasteiger partial charge in [0.05, 0.1) is 34.1 Å². The maximum absolute atomic E-state index is 3.67. The summed E-state index contributed by atoms with van der Waals surface area (Å²) >= 11 is 4.65. The van der Waals surface area contributed by atoms with Crippen molar-refractivity contribution in [3.63, 3.8) is 0 Å². The van der Waals surface area contributed by atoms with Crippen LogP contribution in [0.2, 0.25) is 0 Å². The van der Waals surface area contributed by atoms with Crippen LogP contribution in [0.15, 0.2) is 72.8 Å². The van der Waals surface area contributed by atoms with Gasteiger partial charge in [-0.3, -0.25) is 0 Å². The minimum absolute atomic E-state index is 0.890. The van der Waals surface area contributed by atoms with Crippen molar-refractivity contribution < 1.29 is 10.8 Å². The zero-order valence-electron chi connectivity index (χ0n) is 24.4. The van der Waals surface area contributed by atoms with Gasteiger partial charge in [0.15, 0.2) is 0 Å². The van der Waals surface area contributed by atoms with E-state index >= 15 is 0 Å². The molecule has 0 N–H and O–H groups in total. The van der Waals surface area contributed by atoms with Gasteiger partial charge in [-0.25, -0.2) is 0 Å². The normalized spacial score (nSPS) is 16.8. The van der Waals surface area contributed by atoms with E-state index in [0.717, 1.165) is 36.4 Å². The number of anilines is 6. The van der Waals surface area contributed by atoms with Gasteiger partial charge >= 0.3 is 49.8 Å². The average Bonchev–Trinajstić information content (AvgIpc) is 3.57. The summed E-state index contributed by atoms with van der Waals surface area (Å²) in [6, 6.07) is 26.9. The van der Waals surface area contributed by atoms with Crippen molar-refractivity contribution in [2.24, 2.45) is 0 Å². The number of para-hydroxylation sites is 4. The van der Waals surface area contributed by atoms with E-state index in [2.05, 4.69) is 159 Å². The fourth-order valence-electron chi connectivity index (χ4n) is 7.32. The second-order valence-electron chi connectivity index (χ2n) is 11.6. The summed E-state index contributed by atoms with van der Waals surface area (Å²) in [6.07, 6.45) is 9.58. The first-order valence-electron chi connectivity index (χ1n) is 15.0. The van der Waals surface area contributed by atoms with Gasteiger partial charge in [0.25, 0.3) is 0 Å². The molecular weight excluding hydrogens is 849 g/mol. The van der Waals surface area contributed by atoms with Gasteiger partial charge < -0.3 is 19.6 Å². The first kappa shape index (κ1) is 29.9. The standard InChI is InChI=1S/C36H34N4.2HI.Pd/c1-37-23-39(31-17-9-7-15-29(31)37)33-21-19-25-11-3-5-13-27(25)35(33)36-28-14-6-4-12-26(28)20-22-34(36)40-24-38(2)30-16-8-10-18-32(30)40;;;/h7-10,15-22H,3-6,11-14H2,1-2H3;2*1H;/q;;;+2/p-2. The van der Waals surface area contributed by atoms with Crippen molar-refractivity contribution in [3.05, 3.63) is 108 Å². The molecule has 0 aromatic heterocycles. The summed E-state index contributed by atoms with van der Waals surface area (Å²) in [7, 11) is 5.10. The molecular formula is C36H34I2N4Pd. The van der Waals surface area contributed by atoms with E-state index in [4.69, 9.17) is 0 Å². The molecule has 2 heterocycles. The van der Waals surface area contributed by atoms with Crippen molar-refractivity contribution in [1.82, 2.24) is 0 Å². The number of halogens is 2. The summed E-state index contributed by atoms with van der Waals surface area (Å²) in [5.74, 6) is 0. The molecule has 0 atom stereocenters. The molecule has 0 unspecified atom stereocenters. The maximum atomic E-state index is 3.67. The van der Waals surface area contributed by atoms with E-state index in [-0.39, 0.29) is 0 Å². The van der Waals surface area contributed by atoms with Gasteiger partial charge in [0.1, 0.15) is 0 Å². The van der Waals surface area contributed by atoms with Crippen LogP contribution >= 0.6 is 39.0 Å². The van der Waals surface area contributed by atoms with E-state index in [0.29, 0.717) is 0 Å². The number of hydrogen-bond acceptors (Lipinski definition) is 4. The van der Waals surface area contributed by atoms with Crippen molar-refractivity contribution in [1.29, 1.82) is 0 Å². The molecule has 2 aliphatic heterocycles. The molecule has 0 spiro atoms. The summed E-state index contributed by atoms with van der Waals surface area (Å²) in [5.41, 5.74) is 16.1. The SMILES string of the molecule is CN1[C]N(c2ccc3c(c2-c2c(N4[C]N(C)c5ccccc54)ccc4c2CCCC4)CCCC3)c2ccccc21.[I][Pd][I]. The second-order valence-corrected chi connectivity index (χ2v) is 23.6. The Labute approximate surface area is 285 Å². The van der Waals surface area contributed by atoms with E-state index in [1.54, 1.807) is 0 Å². The Hall–Kier alpha value is -1.80. The van der Waals surface area contributed by atoms with Crippen LogP contribution in [-0.4, -0.2) is 14.1 Å². The van der Waals surface area contributed by atoms with E-state index in [9.17, 15) is 0 Å². The molecule has 4 aliphatic rings. The number of nitrogens with zero attached hydrogens (tertiary/aromatic N) is 4. The summed E-state index contributed by atoms with van der Waals surface area (Å²) in [6.45, 7) is 7.35. The number of hydrogen-bond donors (Lipinski definition) is 0. The topological polar surface area (TPSA) is 13.0 Å². The number of fused-ring (bicyclic) bond motifs is 4. The minimum atomic E-state index is 0.890. The molecule has 7 heteroatoms. The van der Waals surface area contributed by atoms with Gasteiger partial charge in [-0.1, -0.05) is 36.4 Å². The van der Waals surface area contributed by atoms with E-state index < -0.39 is 0 Å². The van der Waals surface area contributed by atoms with Crippen molar-refractivity contribution in [3.8, 4) is 11.1 Å². The third kappa shape index (κ3) is 5.40. The van der Waals surface area contributed by atoms with Crippen LogP contribution in [0.3, 0.4) is 0 Å². The van der Waals surface area contributed by atoms with Crippen molar-refractivity contribution in [2.75, 3.05) is 33.7 Å². The Morgan fingerprint density at radius 2 is 0.884 bits per heavy atom. The Bertz CT molecular complexity index is 1540. The van der Waals surface area contributed by atoms with Crippen LogP contribution in [0.4, 0.5) is 34.1 Å². The number of benzene rings is 4. The van der Waals surface area contributed by atoms with Gasteiger partial charge in [0.2, 0.25) is 13.3 Å². The fraction of sp³-hybridized carbons (Fsp3) is 0.278. The zero-order chi connectivity index (χ0) is 29.5.